The number of thiocarbonyl (C=S) groups is 1. The van der Waals surface area contributed by atoms with Crippen molar-refractivity contribution < 1.29 is 9.59 Å². The predicted octanol–water partition coefficient (Wildman–Crippen LogP) is 1.89. The third-order valence-corrected chi connectivity index (χ3v) is 2.38. The number of carbonyl (C=O) groups is 2. The summed E-state index contributed by atoms with van der Waals surface area (Å²) in [6, 6.07) is 6.72. The first-order valence-corrected chi connectivity index (χ1v) is 5.59. The van der Waals surface area contributed by atoms with Crippen LogP contribution in [0.2, 0.25) is 0 Å². The first-order valence-electron chi connectivity index (χ1n) is 5.18. The molecule has 0 saturated heterocycles. The lowest BCUT2D eigenvalue weighted by atomic mass is 10.1. The summed E-state index contributed by atoms with van der Waals surface area (Å²) in [5.74, 6) is -0.148. The van der Waals surface area contributed by atoms with Crippen LogP contribution in [0.25, 0.3) is 0 Å². The fraction of sp³-hybridized carbons (Fsp3) is 0.250. The molecule has 0 unspecified atom stereocenters. The molecule has 0 aliphatic heterocycles. The molecule has 0 atom stereocenters. The van der Waals surface area contributed by atoms with Gasteiger partial charge < -0.3 is 11.1 Å². The molecule has 1 rings (SSSR count). The lowest BCUT2D eigenvalue weighted by Crippen LogP contribution is -2.16. The Morgan fingerprint density at radius 1 is 1.24 bits per heavy atom. The summed E-state index contributed by atoms with van der Waals surface area (Å²) in [6.07, 6.45) is 0.663. The average molecular weight is 250 g/mol. The Morgan fingerprint density at radius 2 is 1.82 bits per heavy atom. The molecule has 0 fully saturated rings. The molecule has 1 aromatic carbocycles. The van der Waals surface area contributed by atoms with Gasteiger partial charge in [0.2, 0.25) is 5.91 Å². The maximum absolute atomic E-state index is 11.4. The largest absolute Gasteiger partial charge is 0.393 e. The number of nitrogens with two attached hydrogens (primary N) is 1. The van der Waals surface area contributed by atoms with Crippen LogP contribution in [0.3, 0.4) is 0 Å². The topological polar surface area (TPSA) is 72.2 Å². The van der Waals surface area contributed by atoms with E-state index in [0.717, 1.165) is 0 Å². The van der Waals surface area contributed by atoms with Crippen LogP contribution >= 0.6 is 12.2 Å². The van der Waals surface area contributed by atoms with Gasteiger partial charge in [0.25, 0.3) is 0 Å². The van der Waals surface area contributed by atoms with Crippen LogP contribution < -0.4 is 11.1 Å². The molecule has 0 aliphatic carbocycles. The van der Waals surface area contributed by atoms with Gasteiger partial charge in [-0.2, -0.15) is 0 Å². The van der Waals surface area contributed by atoms with E-state index in [4.69, 9.17) is 5.73 Å². The van der Waals surface area contributed by atoms with Crippen LogP contribution in [0.15, 0.2) is 24.3 Å². The van der Waals surface area contributed by atoms with E-state index >= 15 is 0 Å². The Hall–Kier alpha value is -1.75. The molecule has 0 radical (unpaired) electrons. The second kappa shape index (κ2) is 6.10. The summed E-state index contributed by atoms with van der Waals surface area (Å²) in [7, 11) is 0. The lowest BCUT2D eigenvalue weighted by molar-refractivity contribution is -0.116. The number of nitrogens with one attached hydrogen (secondary N) is 1. The summed E-state index contributed by atoms with van der Waals surface area (Å²) < 4.78 is 0. The van der Waals surface area contributed by atoms with Gasteiger partial charge in [-0.25, -0.2) is 0 Å². The minimum absolute atomic E-state index is 0.00337. The minimum atomic E-state index is -0.145. The molecule has 90 valence electrons. The molecule has 0 aromatic heterocycles. The number of carbonyl (C=O) groups excluding carboxylic acids is 2. The Labute approximate surface area is 105 Å². The highest BCUT2D eigenvalue weighted by atomic mass is 32.1. The van der Waals surface area contributed by atoms with Crippen LogP contribution in [0.5, 0.6) is 0 Å². The second-order valence-corrected chi connectivity index (χ2v) is 4.17. The molecular weight excluding hydrogens is 236 g/mol. The van der Waals surface area contributed by atoms with Crippen molar-refractivity contribution in [1.29, 1.82) is 0 Å². The van der Waals surface area contributed by atoms with Gasteiger partial charge in [-0.3, -0.25) is 9.59 Å². The Balaban J connectivity index is 2.54. The molecule has 0 saturated carbocycles. The first kappa shape index (κ1) is 13.3. The lowest BCUT2D eigenvalue weighted by Gasteiger charge is -2.05. The second-order valence-electron chi connectivity index (χ2n) is 3.65. The van der Waals surface area contributed by atoms with Crippen LogP contribution in [-0.4, -0.2) is 16.7 Å². The molecule has 0 spiro atoms. The van der Waals surface area contributed by atoms with Gasteiger partial charge >= 0.3 is 0 Å². The number of hydrogen-bond acceptors (Lipinski definition) is 3. The Bertz CT molecular complexity index is 440. The van der Waals surface area contributed by atoms with E-state index in [1.807, 2.05) is 0 Å². The smallest absolute Gasteiger partial charge is 0.224 e. The summed E-state index contributed by atoms with van der Waals surface area (Å²) in [6.45, 7) is 1.50. The summed E-state index contributed by atoms with van der Waals surface area (Å²) in [5, 5.41) is 2.70. The highest BCUT2D eigenvalue weighted by molar-refractivity contribution is 7.80. The van der Waals surface area contributed by atoms with Crippen molar-refractivity contribution in [3.8, 4) is 0 Å². The van der Waals surface area contributed by atoms with E-state index in [9.17, 15) is 9.59 Å². The van der Waals surface area contributed by atoms with Gasteiger partial charge in [-0.05, 0) is 31.2 Å². The molecule has 0 aliphatic rings. The number of benzene rings is 1. The van der Waals surface area contributed by atoms with E-state index in [1.54, 1.807) is 24.3 Å². The summed E-state index contributed by atoms with van der Waals surface area (Å²) >= 11 is 4.68. The number of Topliss-reactive ketones (excluding diaryl/α,β-unsaturated/α-hetero) is 1. The zero-order chi connectivity index (χ0) is 12.8. The fourth-order valence-corrected chi connectivity index (χ4v) is 1.35. The third-order valence-electron chi connectivity index (χ3n) is 2.17. The van der Waals surface area contributed by atoms with Crippen molar-refractivity contribution >= 4 is 34.6 Å². The maximum atomic E-state index is 11.4. The molecular formula is C12H14N2O2S. The molecule has 5 heteroatoms. The van der Waals surface area contributed by atoms with Gasteiger partial charge in [-0.15, -0.1) is 0 Å². The van der Waals surface area contributed by atoms with E-state index in [2.05, 4.69) is 17.5 Å². The highest BCUT2D eigenvalue weighted by Crippen LogP contribution is 2.10. The third kappa shape index (κ3) is 4.74. The number of anilines is 1. The molecule has 1 aromatic rings. The van der Waals surface area contributed by atoms with Gasteiger partial charge in [-0.1, -0.05) is 12.2 Å². The molecule has 0 bridgehead atoms. The van der Waals surface area contributed by atoms with Crippen molar-refractivity contribution in [3.05, 3.63) is 29.8 Å². The highest BCUT2D eigenvalue weighted by Gasteiger charge is 2.04. The minimum Gasteiger partial charge on any atom is -0.393 e. The van der Waals surface area contributed by atoms with Crippen molar-refractivity contribution in [1.82, 2.24) is 0 Å². The SMILES string of the molecule is CC(=O)c1ccc(NC(=O)CCC(N)=S)cc1. The zero-order valence-corrected chi connectivity index (χ0v) is 10.3. The van der Waals surface area contributed by atoms with Gasteiger partial charge in [0.1, 0.15) is 0 Å². The maximum Gasteiger partial charge on any atom is 0.224 e. The molecule has 0 heterocycles. The predicted molar refractivity (Wildman–Crippen MR) is 71.1 cm³/mol. The van der Waals surface area contributed by atoms with Crippen molar-refractivity contribution in [2.75, 3.05) is 5.32 Å². The fourth-order valence-electron chi connectivity index (χ4n) is 1.25. The molecule has 3 N–H and O–H groups in total. The van der Waals surface area contributed by atoms with Crippen LogP contribution in [-0.2, 0) is 4.79 Å². The number of rotatable bonds is 5. The van der Waals surface area contributed by atoms with E-state index in [1.165, 1.54) is 6.92 Å². The van der Waals surface area contributed by atoms with E-state index in [0.29, 0.717) is 22.7 Å². The van der Waals surface area contributed by atoms with Crippen LogP contribution in [0, 0.1) is 0 Å². The standard InChI is InChI=1S/C12H14N2O2S/c1-8(15)9-2-4-10(5-3-9)14-12(16)7-6-11(13)17/h2-5H,6-7H2,1H3,(H2,13,17)(H,14,16). The van der Waals surface area contributed by atoms with Gasteiger partial charge in [0.15, 0.2) is 5.78 Å². The quantitative estimate of drug-likeness (QED) is 0.618. The Kier molecular flexibility index (Phi) is 4.78. The number of hydrogen-bond donors (Lipinski definition) is 2. The monoisotopic (exact) mass is 250 g/mol. The first-order chi connectivity index (χ1) is 7.99. The molecule has 1 amide bonds. The summed E-state index contributed by atoms with van der Waals surface area (Å²) in [4.78, 5) is 22.8. The van der Waals surface area contributed by atoms with E-state index in [-0.39, 0.29) is 18.1 Å². The Morgan fingerprint density at radius 3 is 2.29 bits per heavy atom. The summed E-state index contributed by atoms with van der Waals surface area (Å²) in [5.41, 5.74) is 6.57. The number of ketones is 1. The van der Waals surface area contributed by atoms with Crippen LogP contribution in [0.1, 0.15) is 30.1 Å². The molecule has 4 nitrogen and oxygen atoms in total. The molecule has 17 heavy (non-hydrogen) atoms. The van der Waals surface area contributed by atoms with Crippen molar-refractivity contribution in [3.63, 3.8) is 0 Å². The van der Waals surface area contributed by atoms with Crippen molar-refractivity contribution in [2.45, 2.75) is 19.8 Å². The van der Waals surface area contributed by atoms with Gasteiger partial charge in [0.05, 0.1) is 4.99 Å². The van der Waals surface area contributed by atoms with Gasteiger partial charge in [0, 0.05) is 24.1 Å². The van der Waals surface area contributed by atoms with Crippen molar-refractivity contribution in [2.24, 2.45) is 5.73 Å². The van der Waals surface area contributed by atoms with Crippen LogP contribution in [0.4, 0.5) is 5.69 Å². The normalized spacial score (nSPS) is 9.71. The van der Waals surface area contributed by atoms with E-state index < -0.39 is 0 Å². The average Bonchev–Trinajstić information content (AvgIpc) is 2.27. The number of amides is 1. The zero-order valence-electron chi connectivity index (χ0n) is 9.53.